The van der Waals surface area contributed by atoms with Crippen LogP contribution in [0.25, 0.3) is 6.08 Å². The molecule has 0 heterocycles. The maximum atomic E-state index is 13.4. The van der Waals surface area contributed by atoms with Crippen molar-refractivity contribution in [3.63, 3.8) is 0 Å². The van der Waals surface area contributed by atoms with Crippen LogP contribution in [0.4, 0.5) is 11.4 Å². The van der Waals surface area contributed by atoms with Gasteiger partial charge in [0.1, 0.15) is 11.4 Å². The molecule has 1 unspecified atom stereocenters. The molecule has 0 radical (unpaired) electrons. The molecule has 10 heteroatoms. The van der Waals surface area contributed by atoms with E-state index in [2.05, 4.69) is 16.0 Å². The summed E-state index contributed by atoms with van der Waals surface area (Å²) in [5.41, 5.74) is 2.79. The minimum absolute atomic E-state index is 0.0226. The first kappa shape index (κ1) is 31.6. The third-order valence-electron chi connectivity index (χ3n) is 6.50. The molecule has 0 aliphatic carbocycles. The van der Waals surface area contributed by atoms with Gasteiger partial charge in [0, 0.05) is 27.4 Å². The predicted octanol–water partition coefficient (Wildman–Crippen LogP) is 6.23. The monoisotopic (exact) mass is 609 g/mol. The van der Waals surface area contributed by atoms with E-state index < -0.39 is 23.0 Å². The quantitative estimate of drug-likeness (QED) is 0.117. The van der Waals surface area contributed by atoms with E-state index in [9.17, 15) is 24.3 Å². The molecule has 0 aliphatic heterocycles. The number of carbonyl (C=O) groups is 4. The van der Waals surface area contributed by atoms with Gasteiger partial charge in [0.2, 0.25) is 5.91 Å². The number of carboxylic acid groups (broad SMARTS) is 1. The van der Waals surface area contributed by atoms with Crippen LogP contribution >= 0.6 is 11.8 Å². The van der Waals surface area contributed by atoms with Crippen LogP contribution < -0.4 is 20.7 Å². The Morgan fingerprint density at radius 1 is 0.841 bits per heavy atom. The van der Waals surface area contributed by atoms with Crippen molar-refractivity contribution in [1.29, 1.82) is 0 Å². The maximum Gasteiger partial charge on any atom is 0.335 e. The molecule has 44 heavy (non-hydrogen) atoms. The van der Waals surface area contributed by atoms with Crippen LogP contribution in [0.2, 0.25) is 0 Å². The van der Waals surface area contributed by atoms with E-state index >= 15 is 0 Å². The lowest BCUT2D eigenvalue weighted by molar-refractivity contribution is -0.115. The van der Waals surface area contributed by atoms with Crippen molar-refractivity contribution < 1.29 is 29.0 Å². The zero-order valence-electron chi connectivity index (χ0n) is 24.3. The Kier molecular flexibility index (Phi) is 10.6. The first-order valence-electron chi connectivity index (χ1n) is 13.6. The average Bonchev–Trinajstić information content (AvgIpc) is 3.03. The number of thioether (sulfide) groups is 1. The molecule has 0 aromatic heterocycles. The SMILES string of the molecule is COc1ccccc1/C=C(\NC(=O)c1ccccc1)C(=O)Nc1ccc(SC(C)C(=O)Nc2cc(C(=O)O)ccc2C)cc1. The zero-order valence-corrected chi connectivity index (χ0v) is 25.1. The number of ether oxygens (including phenoxy) is 1. The summed E-state index contributed by atoms with van der Waals surface area (Å²) < 4.78 is 5.41. The summed E-state index contributed by atoms with van der Waals surface area (Å²) in [6.07, 6.45) is 1.55. The maximum absolute atomic E-state index is 13.4. The highest BCUT2D eigenvalue weighted by molar-refractivity contribution is 8.00. The Bertz CT molecular complexity index is 1700. The number of carboxylic acids is 1. The molecule has 0 bridgehead atoms. The van der Waals surface area contributed by atoms with Crippen LogP contribution in [0, 0.1) is 6.92 Å². The number of aryl methyl sites for hydroxylation is 1. The Morgan fingerprint density at radius 3 is 2.20 bits per heavy atom. The molecule has 4 N–H and O–H groups in total. The van der Waals surface area contributed by atoms with Crippen molar-refractivity contribution in [2.45, 2.75) is 24.0 Å². The molecule has 3 amide bonds. The Morgan fingerprint density at radius 2 is 1.52 bits per heavy atom. The molecule has 0 aliphatic rings. The van der Waals surface area contributed by atoms with Gasteiger partial charge in [-0.15, -0.1) is 11.8 Å². The normalized spacial score (nSPS) is 11.7. The second kappa shape index (κ2) is 14.7. The van der Waals surface area contributed by atoms with Crippen LogP contribution in [0.5, 0.6) is 5.75 Å². The van der Waals surface area contributed by atoms with Gasteiger partial charge in [0.05, 0.1) is 17.9 Å². The molecule has 4 aromatic carbocycles. The summed E-state index contributed by atoms with van der Waals surface area (Å²) in [7, 11) is 1.52. The molecule has 0 spiro atoms. The summed E-state index contributed by atoms with van der Waals surface area (Å²) in [5, 5.41) is 17.1. The smallest absolute Gasteiger partial charge is 0.335 e. The summed E-state index contributed by atoms with van der Waals surface area (Å²) in [6, 6.07) is 27.2. The highest BCUT2D eigenvalue weighted by atomic mass is 32.2. The predicted molar refractivity (Wildman–Crippen MR) is 172 cm³/mol. The topological polar surface area (TPSA) is 134 Å². The van der Waals surface area contributed by atoms with E-state index in [0.29, 0.717) is 28.3 Å². The van der Waals surface area contributed by atoms with E-state index in [1.165, 1.54) is 31.0 Å². The fraction of sp³-hybridized carbons (Fsp3) is 0.118. The Labute approximate surface area is 259 Å². The van der Waals surface area contributed by atoms with E-state index in [4.69, 9.17) is 4.74 Å². The molecular weight excluding hydrogens is 578 g/mol. The first-order chi connectivity index (χ1) is 21.1. The van der Waals surface area contributed by atoms with Crippen molar-refractivity contribution in [3.05, 3.63) is 125 Å². The van der Waals surface area contributed by atoms with Crippen LogP contribution in [0.3, 0.4) is 0 Å². The summed E-state index contributed by atoms with van der Waals surface area (Å²) >= 11 is 1.31. The van der Waals surface area contributed by atoms with Crippen LogP contribution in [0.1, 0.15) is 38.8 Å². The van der Waals surface area contributed by atoms with Crippen LogP contribution in [-0.2, 0) is 9.59 Å². The van der Waals surface area contributed by atoms with Crippen molar-refractivity contribution >= 4 is 52.9 Å². The van der Waals surface area contributed by atoms with Gasteiger partial charge in [-0.25, -0.2) is 4.79 Å². The van der Waals surface area contributed by atoms with Crippen LogP contribution in [0.15, 0.2) is 108 Å². The number of nitrogens with one attached hydrogen (secondary N) is 3. The summed E-state index contributed by atoms with van der Waals surface area (Å²) in [5.74, 6) is -1.79. The number of methoxy groups -OCH3 is 1. The number of anilines is 2. The molecule has 224 valence electrons. The lowest BCUT2D eigenvalue weighted by atomic mass is 10.1. The summed E-state index contributed by atoms with van der Waals surface area (Å²) in [6.45, 7) is 3.53. The molecular formula is C34H31N3O6S. The number of hydrogen-bond donors (Lipinski definition) is 4. The fourth-order valence-electron chi connectivity index (χ4n) is 4.08. The number of para-hydroxylation sites is 1. The van der Waals surface area contributed by atoms with Crippen molar-refractivity contribution in [2.75, 3.05) is 17.7 Å². The number of aromatic carboxylic acids is 1. The largest absolute Gasteiger partial charge is 0.496 e. The standard InChI is InChI=1S/C34H31N3O6S/c1-21-13-14-25(34(41)42)20-28(21)36-31(38)22(2)44-27-17-15-26(16-18-27)35-33(40)29(19-24-11-7-8-12-30(24)43-3)37-32(39)23-9-5-4-6-10-23/h4-20,22H,1-3H3,(H,35,40)(H,36,38)(H,37,39)(H,41,42)/b29-19-. The van der Waals surface area contributed by atoms with E-state index in [-0.39, 0.29) is 17.2 Å². The molecule has 4 rings (SSSR count). The number of hydrogen-bond acceptors (Lipinski definition) is 6. The lowest BCUT2D eigenvalue weighted by Crippen LogP contribution is -2.30. The highest BCUT2D eigenvalue weighted by Gasteiger charge is 2.18. The highest BCUT2D eigenvalue weighted by Crippen LogP contribution is 2.27. The Balaban J connectivity index is 1.45. The summed E-state index contributed by atoms with van der Waals surface area (Å²) in [4.78, 5) is 51.2. The number of carbonyl (C=O) groups excluding carboxylic acids is 3. The minimum Gasteiger partial charge on any atom is -0.496 e. The van der Waals surface area contributed by atoms with Crippen molar-refractivity contribution in [1.82, 2.24) is 5.32 Å². The van der Waals surface area contributed by atoms with Gasteiger partial charge in [-0.1, -0.05) is 42.5 Å². The minimum atomic E-state index is -1.07. The van der Waals surface area contributed by atoms with Gasteiger partial charge in [-0.05, 0) is 80.1 Å². The van der Waals surface area contributed by atoms with Crippen LogP contribution in [-0.4, -0.2) is 41.2 Å². The van der Waals surface area contributed by atoms with E-state index in [1.807, 2.05) is 0 Å². The number of benzene rings is 4. The zero-order chi connectivity index (χ0) is 31.6. The van der Waals surface area contributed by atoms with Gasteiger partial charge < -0.3 is 25.8 Å². The molecule has 0 saturated heterocycles. The third kappa shape index (κ3) is 8.36. The molecule has 9 nitrogen and oxygen atoms in total. The van der Waals surface area contributed by atoms with E-state index in [1.54, 1.807) is 105 Å². The number of rotatable bonds is 11. The number of amides is 3. The van der Waals surface area contributed by atoms with Gasteiger partial charge in [-0.3, -0.25) is 14.4 Å². The van der Waals surface area contributed by atoms with Gasteiger partial charge >= 0.3 is 5.97 Å². The van der Waals surface area contributed by atoms with Gasteiger partial charge in [0.15, 0.2) is 0 Å². The molecule has 4 aromatic rings. The lowest BCUT2D eigenvalue weighted by Gasteiger charge is -2.15. The second-order valence-electron chi connectivity index (χ2n) is 9.68. The van der Waals surface area contributed by atoms with Gasteiger partial charge in [0.25, 0.3) is 11.8 Å². The molecule has 0 saturated carbocycles. The Hall–Kier alpha value is -5.35. The van der Waals surface area contributed by atoms with Crippen molar-refractivity contribution in [3.8, 4) is 5.75 Å². The second-order valence-corrected chi connectivity index (χ2v) is 11.1. The third-order valence-corrected chi connectivity index (χ3v) is 7.62. The average molecular weight is 610 g/mol. The molecule has 0 fully saturated rings. The van der Waals surface area contributed by atoms with E-state index in [0.717, 1.165) is 10.5 Å². The first-order valence-corrected chi connectivity index (χ1v) is 14.5. The van der Waals surface area contributed by atoms with Crippen molar-refractivity contribution in [2.24, 2.45) is 0 Å². The molecule has 1 atom stereocenters. The fourth-order valence-corrected chi connectivity index (χ4v) is 4.95. The van der Waals surface area contributed by atoms with Gasteiger partial charge in [-0.2, -0.15) is 0 Å².